The van der Waals surface area contributed by atoms with Gasteiger partial charge in [0.25, 0.3) is 0 Å². The minimum atomic E-state index is -3.47. The average Bonchev–Trinajstić information content (AvgIpc) is 2.80. The van der Waals surface area contributed by atoms with Crippen molar-refractivity contribution in [2.75, 3.05) is 31.4 Å². The summed E-state index contributed by atoms with van der Waals surface area (Å²) in [4.78, 5) is 3.89. The minimum Gasteiger partial charge on any atom is -0.317 e. The van der Waals surface area contributed by atoms with Crippen LogP contribution < -0.4 is 10.0 Å². The highest BCUT2D eigenvalue weighted by Crippen LogP contribution is 2.13. The molecule has 0 aliphatic heterocycles. The SMILES string of the molecule is CCCNCCCN(C)S(=O)(=O)Nc1nccs1. The fourth-order valence-electron chi connectivity index (χ4n) is 1.31. The molecule has 0 aromatic carbocycles. The number of nitrogens with zero attached hydrogens (tertiary/aromatic N) is 2. The van der Waals surface area contributed by atoms with E-state index in [0.717, 1.165) is 25.9 Å². The number of nitrogens with one attached hydrogen (secondary N) is 2. The Morgan fingerprint density at radius 1 is 1.44 bits per heavy atom. The molecular formula is C10H20N4O2S2. The van der Waals surface area contributed by atoms with Crippen molar-refractivity contribution in [2.45, 2.75) is 19.8 Å². The van der Waals surface area contributed by atoms with Gasteiger partial charge in [0.15, 0.2) is 5.13 Å². The molecule has 8 heteroatoms. The van der Waals surface area contributed by atoms with Gasteiger partial charge in [-0.1, -0.05) is 6.92 Å². The van der Waals surface area contributed by atoms with E-state index in [1.807, 2.05) is 0 Å². The predicted molar refractivity (Wildman–Crippen MR) is 75.1 cm³/mol. The van der Waals surface area contributed by atoms with Gasteiger partial charge in [0.1, 0.15) is 0 Å². The fourth-order valence-corrected chi connectivity index (χ4v) is 2.99. The van der Waals surface area contributed by atoms with Crippen molar-refractivity contribution < 1.29 is 8.42 Å². The summed E-state index contributed by atoms with van der Waals surface area (Å²) < 4.78 is 27.5. The summed E-state index contributed by atoms with van der Waals surface area (Å²) >= 11 is 1.26. The topological polar surface area (TPSA) is 74.3 Å². The van der Waals surface area contributed by atoms with Crippen molar-refractivity contribution in [3.63, 3.8) is 0 Å². The van der Waals surface area contributed by atoms with Crippen LogP contribution in [0.15, 0.2) is 11.6 Å². The Balaban J connectivity index is 2.33. The molecule has 2 N–H and O–H groups in total. The van der Waals surface area contributed by atoms with E-state index >= 15 is 0 Å². The van der Waals surface area contributed by atoms with Crippen LogP contribution in [0.4, 0.5) is 5.13 Å². The quantitative estimate of drug-likeness (QED) is 0.669. The maximum atomic E-state index is 11.9. The zero-order valence-corrected chi connectivity index (χ0v) is 12.4. The molecule has 18 heavy (non-hydrogen) atoms. The van der Waals surface area contributed by atoms with Gasteiger partial charge in [-0.25, -0.2) is 9.71 Å². The Bertz CT molecular complexity index is 419. The molecule has 0 atom stereocenters. The lowest BCUT2D eigenvalue weighted by Crippen LogP contribution is -2.34. The Hall–Kier alpha value is -0.700. The van der Waals surface area contributed by atoms with Gasteiger partial charge in [0, 0.05) is 25.2 Å². The highest BCUT2D eigenvalue weighted by molar-refractivity contribution is 7.90. The van der Waals surface area contributed by atoms with Gasteiger partial charge >= 0.3 is 10.2 Å². The second kappa shape index (κ2) is 7.67. The molecule has 6 nitrogen and oxygen atoms in total. The number of rotatable bonds is 9. The molecule has 1 aromatic heterocycles. The Labute approximate surface area is 113 Å². The van der Waals surface area contributed by atoms with E-state index in [4.69, 9.17) is 0 Å². The third-order valence-electron chi connectivity index (χ3n) is 2.31. The van der Waals surface area contributed by atoms with E-state index in [1.54, 1.807) is 18.6 Å². The summed E-state index contributed by atoms with van der Waals surface area (Å²) in [6.45, 7) is 4.37. The summed E-state index contributed by atoms with van der Waals surface area (Å²) in [5.74, 6) is 0. The van der Waals surface area contributed by atoms with Crippen molar-refractivity contribution >= 4 is 26.7 Å². The van der Waals surface area contributed by atoms with Crippen molar-refractivity contribution in [1.82, 2.24) is 14.6 Å². The van der Waals surface area contributed by atoms with Gasteiger partial charge in [-0.15, -0.1) is 11.3 Å². The van der Waals surface area contributed by atoms with Crippen LogP contribution in [0.3, 0.4) is 0 Å². The van der Waals surface area contributed by atoms with Crippen LogP contribution in [0.2, 0.25) is 0 Å². The lowest BCUT2D eigenvalue weighted by molar-refractivity contribution is 0.458. The van der Waals surface area contributed by atoms with Crippen molar-refractivity contribution in [2.24, 2.45) is 0 Å². The van der Waals surface area contributed by atoms with Gasteiger partial charge in [-0.05, 0) is 25.9 Å². The number of thiazole rings is 1. The molecule has 0 bridgehead atoms. The first kappa shape index (κ1) is 15.4. The molecular weight excluding hydrogens is 272 g/mol. The van der Waals surface area contributed by atoms with Crippen LogP contribution in [0.25, 0.3) is 0 Å². The molecule has 0 spiro atoms. The zero-order valence-electron chi connectivity index (χ0n) is 10.7. The molecule has 0 saturated heterocycles. The second-order valence-electron chi connectivity index (χ2n) is 3.87. The minimum absolute atomic E-state index is 0.394. The van der Waals surface area contributed by atoms with Crippen molar-refractivity contribution in [1.29, 1.82) is 0 Å². The first-order chi connectivity index (χ1) is 8.56. The maximum Gasteiger partial charge on any atom is 0.303 e. The molecule has 1 heterocycles. The van der Waals surface area contributed by atoms with Gasteiger partial charge in [-0.2, -0.15) is 12.7 Å². The molecule has 1 aromatic rings. The molecule has 1 rings (SSSR count). The van der Waals surface area contributed by atoms with Crippen LogP contribution in [-0.4, -0.2) is 44.4 Å². The summed E-state index contributed by atoms with van der Waals surface area (Å²) in [5.41, 5.74) is 0. The van der Waals surface area contributed by atoms with Gasteiger partial charge in [-0.3, -0.25) is 0 Å². The summed E-state index contributed by atoms with van der Waals surface area (Å²) in [5, 5.41) is 5.36. The monoisotopic (exact) mass is 292 g/mol. The fraction of sp³-hybridized carbons (Fsp3) is 0.700. The predicted octanol–water partition coefficient (Wildman–Crippen LogP) is 1.12. The van der Waals surface area contributed by atoms with E-state index < -0.39 is 10.2 Å². The number of aromatic nitrogens is 1. The molecule has 104 valence electrons. The van der Waals surface area contributed by atoms with E-state index in [1.165, 1.54) is 15.6 Å². The normalized spacial score (nSPS) is 11.9. The van der Waals surface area contributed by atoms with Crippen LogP contribution in [-0.2, 0) is 10.2 Å². The van der Waals surface area contributed by atoms with E-state index in [-0.39, 0.29) is 0 Å². The number of anilines is 1. The first-order valence-corrected chi connectivity index (χ1v) is 8.22. The van der Waals surface area contributed by atoms with Crippen LogP contribution in [0.5, 0.6) is 0 Å². The smallest absolute Gasteiger partial charge is 0.303 e. The van der Waals surface area contributed by atoms with Crippen molar-refractivity contribution in [3.05, 3.63) is 11.6 Å². The molecule has 0 radical (unpaired) electrons. The highest BCUT2D eigenvalue weighted by atomic mass is 32.2. The molecule has 0 saturated carbocycles. The molecule has 0 fully saturated rings. The standard InChI is InChI=1S/C10H20N4O2S2/c1-3-5-11-6-4-8-14(2)18(15,16)13-10-12-7-9-17-10/h7,9,11H,3-6,8H2,1-2H3,(H,12,13). The number of hydrogen-bond acceptors (Lipinski definition) is 5. The van der Waals surface area contributed by atoms with Gasteiger partial charge in [0.2, 0.25) is 0 Å². The largest absolute Gasteiger partial charge is 0.317 e. The Kier molecular flexibility index (Phi) is 6.55. The summed E-state index contributed by atoms with van der Waals surface area (Å²) in [7, 11) is -1.91. The van der Waals surface area contributed by atoms with E-state index in [0.29, 0.717) is 11.7 Å². The van der Waals surface area contributed by atoms with Crippen LogP contribution in [0, 0.1) is 0 Å². The molecule has 0 amide bonds. The molecule has 0 aliphatic rings. The summed E-state index contributed by atoms with van der Waals surface area (Å²) in [6.07, 6.45) is 3.44. The summed E-state index contributed by atoms with van der Waals surface area (Å²) in [6, 6.07) is 0. The lowest BCUT2D eigenvalue weighted by Gasteiger charge is -2.17. The molecule has 0 aliphatic carbocycles. The highest BCUT2D eigenvalue weighted by Gasteiger charge is 2.17. The molecule has 0 unspecified atom stereocenters. The van der Waals surface area contributed by atoms with E-state index in [2.05, 4.69) is 21.9 Å². The van der Waals surface area contributed by atoms with E-state index in [9.17, 15) is 8.42 Å². The zero-order chi connectivity index (χ0) is 13.4. The van der Waals surface area contributed by atoms with Crippen LogP contribution >= 0.6 is 11.3 Å². The first-order valence-electron chi connectivity index (χ1n) is 5.90. The Morgan fingerprint density at radius 3 is 2.83 bits per heavy atom. The maximum absolute atomic E-state index is 11.9. The third kappa shape index (κ3) is 5.30. The van der Waals surface area contributed by atoms with Gasteiger partial charge < -0.3 is 5.32 Å². The second-order valence-corrected chi connectivity index (χ2v) is 6.54. The lowest BCUT2D eigenvalue weighted by atomic mass is 10.4. The Morgan fingerprint density at radius 2 is 2.22 bits per heavy atom. The van der Waals surface area contributed by atoms with Gasteiger partial charge in [0.05, 0.1) is 0 Å². The van der Waals surface area contributed by atoms with Crippen LogP contribution in [0.1, 0.15) is 19.8 Å². The third-order valence-corrected chi connectivity index (χ3v) is 4.58. The average molecular weight is 292 g/mol. The number of hydrogen-bond donors (Lipinski definition) is 2. The van der Waals surface area contributed by atoms with Crippen molar-refractivity contribution in [3.8, 4) is 0 Å².